The number of rotatable bonds is 5. The molecule has 0 unspecified atom stereocenters. The van der Waals surface area contributed by atoms with Crippen molar-refractivity contribution in [3.05, 3.63) is 71.8 Å². The molecule has 0 spiro atoms. The summed E-state index contributed by atoms with van der Waals surface area (Å²) in [4.78, 5) is 16.1. The smallest absolute Gasteiger partial charge is 0.224 e. The van der Waals surface area contributed by atoms with Crippen molar-refractivity contribution < 1.29 is 18.0 Å². The van der Waals surface area contributed by atoms with Crippen LogP contribution in [0.2, 0.25) is 0 Å². The minimum atomic E-state index is -1.01. The van der Waals surface area contributed by atoms with Crippen molar-refractivity contribution in [1.29, 1.82) is 0 Å². The van der Waals surface area contributed by atoms with Crippen LogP contribution >= 0.6 is 0 Å². The lowest BCUT2D eigenvalue weighted by molar-refractivity contribution is -0.116. The molecule has 25 heavy (non-hydrogen) atoms. The standard InChI is InChI=1S/C19H16F2N2O2/c1-12-2-4-13(5-3-12)17-11-22-19(25-17)9-8-18(24)23-14-6-7-15(20)16(21)10-14/h2-7,10-11H,8-9H2,1H3,(H,23,24). The summed E-state index contributed by atoms with van der Waals surface area (Å²) in [7, 11) is 0. The zero-order valence-corrected chi connectivity index (χ0v) is 13.6. The molecule has 128 valence electrons. The Hall–Kier alpha value is -3.02. The SMILES string of the molecule is Cc1ccc(-c2cnc(CCC(=O)Nc3ccc(F)c(F)c3)o2)cc1. The van der Waals surface area contributed by atoms with E-state index in [-0.39, 0.29) is 18.0 Å². The fourth-order valence-electron chi connectivity index (χ4n) is 2.29. The van der Waals surface area contributed by atoms with Gasteiger partial charge >= 0.3 is 0 Å². The summed E-state index contributed by atoms with van der Waals surface area (Å²) in [5.74, 6) is -1.22. The number of benzene rings is 2. The van der Waals surface area contributed by atoms with E-state index in [1.54, 1.807) is 6.20 Å². The van der Waals surface area contributed by atoms with E-state index in [2.05, 4.69) is 10.3 Å². The summed E-state index contributed by atoms with van der Waals surface area (Å²) < 4.78 is 31.6. The third-order valence-corrected chi connectivity index (χ3v) is 3.66. The summed E-state index contributed by atoms with van der Waals surface area (Å²) in [6.07, 6.45) is 2.04. The van der Waals surface area contributed by atoms with Gasteiger partial charge in [0.2, 0.25) is 5.91 Å². The van der Waals surface area contributed by atoms with E-state index in [9.17, 15) is 13.6 Å². The fraction of sp³-hybridized carbons (Fsp3) is 0.158. The Morgan fingerprint density at radius 2 is 1.88 bits per heavy atom. The Morgan fingerprint density at radius 3 is 2.60 bits per heavy atom. The van der Waals surface area contributed by atoms with Crippen molar-refractivity contribution in [2.45, 2.75) is 19.8 Å². The zero-order valence-electron chi connectivity index (χ0n) is 13.6. The second kappa shape index (κ2) is 7.25. The predicted molar refractivity (Wildman–Crippen MR) is 90.0 cm³/mol. The Bertz CT molecular complexity index is 889. The molecule has 3 aromatic rings. The third-order valence-electron chi connectivity index (χ3n) is 3.66. The maximum Gasteiger partial charge on any atom is 0.224 e. The van der Waals surface area contributed by atoms with Gasteiger partial charge in [-0.3, -0.25) is 4.79 Å². The molecule has 6 heteroatoms. The highest BCUT2D eigenvalue weighted by Gasteiger charge is 2.10. The molecule has 0 atom stereocenters. The number of hydrogen-bond acceptors (Lipinski definition) is 3. The summed E-state index contributed by atoms with van der Waals surface area (Å²) in [5.41, 5.74) is 2.27. The van der Waals surface area contributed by atoms with E-state index >= 15 is 0 Å². The Morgan fingerprint density at radius 1 is 1.12 bits per heavy atom. The topological polar surface area (TPSA) is 55.1 Å². The highest BCUT2D eigenvalue weighted by atomic mass is 19.2. The molecule has 0 saturated carbocycles. The summed E-state index contributed by atoms with van der Waals surface area (Å²) in [5, 5.41) is 2.51. The highest BCUT2D eigenvalue weighted by molar-refractivity contribution is 5.90. The Balaban J connectivity index is 1.57. The third kappa shape index (κ3) is 4.29. The van der Waals surface area contributed by atoms with Gasteiger partial charge in [-0.15, -0.1) is 0 Å². The molecule has 1 amide bonds. The first kappa shape index (κ1) is 16.8. The molecular formula is C19H16F2N2O2. The molecule has 0 fully saturated rings. The van der Waals surface area contributed by atoms with Gasteiger partial charge in [-0.2, -0.15) is 0 Å². The van der Waals surface area contributed by atoms with Crippen LogP contribution in [0.5, 0.6) is 0 Å². The number of hydrogen-bond donors (Lipinski definition) is 1. The van der Waals surface area contributed by atoms with Gasteiger partial charge in [-0.1, -0.05) is 29.8 Å². The number of oxazole rings is 1. The minimum Gasteiger partial charge on any atom is -0.441 e. The minimum absolute atomic E-state index is 0.118. The van der Waals surface area contributed by atoms with E-state index < -0.39 is 11.6 Å². The molecule has 1 aromatic heterocycles. The van der Waals surface area contributed by atoms with Gasteiger partial charge < -0.3 is 9.73 Å². The van der Waals surface area contributed by atoms with Crippen LogP contribution in [-0.4, -0.2) is 10.9 Å². The molecule has 1 N–H and O–H groups in total. The van der Waals surface area contributed by atoms with E-state index in [4.69, 9.17) is 4.42 Å². The van der Waals surface area contributed by atoms with E-state index in [1.807, 2.05) is 31.2 Å². The van der Waals surface area contributed by atoms with Gasteiger partial charge in [0.1, 0.15) is 0 Å². The lowest BCUT2D eigenvalue weighted by Gasteiger charge is -2.04. The molecule has 2 aromatic carbocycles. The van der Waals surface area contributed by atoms with E-state index in [1.165, 1.54) is 6.07 Å². The Labute approximate surface area is 143 Å². The van der Waals surface area contributed by atoms with E-state index in [0.29, 0.717) is 18.1 Å². The van der Waals surface area contributed by atoms with Crippen LogP contribution in [-0.2, 0) is 11.2 Å². The molecule has 1 heterocycles. The van der Waals surface area contributed by atoms with Crippen molar-refractivity contribution in [3.63, 3.8) is 0 Å². The van der Waals surface area contributed by atoms with Crippen molar-refractivity contribution >= 4 is 11.6 Å². The molecular weight excluding hydrogens is 326 g/mol. The first-order valence-corrected chi connectivity index (χ1v) is 7.78. The monoisotopic (exact) mass is 342 g/mol. The average Bonchev–Trinajstić information content (AvgIpc) is 3.06. The average molecular weight is 342 g/mol. The zero-order chi connectivity index (χ0) is 17.8. The number of halogens is 2. The number of anilines is 1. The normalized spacial score (nSPS) is 10.7. The number of carbonyl (C=O) groups excluding carboxylic acids is 1. The molecule has 0 aliphatic rings. The maximum atomic E-state index is 13.1. The van der Waals surface area contributed by atoms with Crippen LogP contribution in [0.4, 0.5) is 14.5 Å². The largest absolute Gasteiger partial charge is 0.441 e. The first-order valence-electron chi connectivity index (χ1n) is 7.78. The van der Waals surface area contributed by atoms with Crippen LogP contribution in [0.1, 0.15) is 17.9 Å². The highest BCUT2D eigenvalue weighted by Crippen LogP contribution is 2.21. The molecule has 3 rings (SSSR count). The number of carbonyl (C=O) groups is 1. The van der Waals surface area contributed by atoms with Crippen LogP contribution in [0.3, 0.4) is 0 Å². The summed E-state index contributed by atoms with van der Waals surface area (Å²) in [6, 6.07) is 11.0. The Kier molecular flexibility index (Phi) is 4.88. The number of aromatic nitrogens is 1. The molecule has 0 saturated heterocycles. The number of nitrogens with one attached hydrogen (secondary N) is 1. The van der Waals surface area contributed by atoms with Crippen LogP contribution in [0.25, 0.3) is 11.3 Å². The lowest BCUT2D eigenvalue weighted by Crippen LogP contribution is -2.12. The van der Waals surface area contributed by atoms with Crippen molar-refractivity contribution in [2.24, 2.45) is 0 Å². The molecule has 4 nitrogen and oxygen atoms in total. The second-order valence-electron chi connectivity index (χ2n) is 5.66. The van der Waals surface area contributed by atoms with Gasteiger partial charge in [0.05, 0.1) is 6.20 Å². The first-order chi connectivity index (χ1) is 12.0. The molecule has 0 radical (unpaired) electrons. The lowest BCUT2D eigenvalue weighted by atomic mass is 10.1. The number of amides is 1. The van der Waals surface area contributed by atoms with Crippen molar-refractivity contribution in [1.82, 2.24) is 4.98 Å². The van der Waals surface area contributed by atoms with Crippen LogP contribution in [0, 0.1) is 18.6 Å². The van der Waals surface area contributed by atoms with Crippen LogP contribution < -0.4 is 5.32 Å². The van der Waals surface area contributed by atoms with Crippen molar-refractivity contribution in [3.8, 4) is 11.3 Å². The summed E-state index contributed by atoms with van der Waals surface area (Å²) >= 11 is 0. The van der Waals surface area contributed by atoms with Gasteiger partial charge in [0.15, 0.2) is 23.3 Å². The molecule has 0 aliphatic heterocycles. The number of nitrogens with zero attached hydrogens (tertiary/aromatic N) is 1. The maximum absolute atomic E-state index is 13.1. The molecule has 0 bridgehead atoms. The number of aryl methyl sites for hydroxylation is 2. The van der Waals surface area contributed by atoms with E-state index in [0.717, 1.165) is 23.3 Å². The summed E-state index contributed by atoms with van der Waals surface area (Å²) in [6.45, 7) is 2.00. The molecule has 0 aliphatic carbocycles. The predicted octanol–water partition coefficient (Wildman–Crippen LogP) is 4.50. The van der Waals surface area contributed by atoms with Gasteiger partial charge in [-0.05, 0) is 19.1 Å². The fourth-order valence-corrected chi connectivity index (χ4v) is 2.29. The quantitative estimate of drug-likeness (QED) is 0.743. The van der Waals surface area contributed by atoms with Gasteiger partial charge in [0, 0.05) is 30.2 Å². The van der Waals surface area contributed by atoms with Gasteiger partial charge in [-0.25, -0.2) is 13.8 Å². The second-order valence-corrected chi connectivity index (χ2v) is 5.66. The van der Waals surface area contributed by atoms with Crippen LogP contribution in [0.15, 0.2) is 53.1 Å². The van der Waals surface area contributed by atoms with Gasteiger partial charge in [0.25, 0.3) is 0 Å². The van der Waals surface area contributed by atoms with Crippen molar-refractivity contribution in [2.75, 3.05) is 5.32 Å².